The van der Waals surface area contributed by atoms with Gasteiger partial charge < -0.3 is 10.0 Å². The summed E-state index contributed by atoms with van der Waals surface area (Å²) in [5, 5.41) is 12.2. The Hall–Kier alpha value is -1.00. The van der Waals surface area contributed by atoms with Gasteiger partial charge in [-0.15, -0.1) is 0 Å². The molecule has 4 heteroatoms. The molecule has 0 aromatic heterocycles. The summed E-state index contributed by atoms with van der Waals surface area (Å²) in [5.41, 5.74) is 1.05. The van der Waals surface area contributed by atoms with Crippen LogP contribution in [0.1, 0.15) is 24.0 Å². The molecule has 0 aliphatic carbocycles. The van der Waals surface area contributed by atoms with Crippen molar-refractivity contribution in [2.24, 2.45) is 0 Å². The van der Waals surface area contributed by atoms with Crippen LogP contribution in [0, 0.1) is 0 Å². The monoisotopic (exact) mass is 333 g/mol. The Kier molecular flexibility index (Phi) is 4.51. The summed E-state index contributed by atoms with van der Waals surface area (Å²) in [5.74, 6) is 0. The summed E-state index contributed by atoms with van der Waals surface area (Å²) < 4.78 is 0. The van der Waals surface area contributed by atoms with Crippen molar-refractivity contribution >= 4 is 23.4 Å². The number of fused-ring (bicyclic) bond motifs is 2. The van der Waals surface area contributed by atoms with Crippen LogP contribution < -0.4 is 0 Å². The first-order valence-electron chi connectivity index (χ1n) is 7.45. The van der Waals surface area contributed by atoms with Gasteiger partial charge in [-0.25, -0.2) is 0 Å². The highest BCUT2D eigenvalue weighted by molar-refractivity contribution is 7.99. The average Bonchev–Trinajstić information content (AvgIpc) is 2.47. The van der Waals surface area contributed by atoms with Crippen molar-refractivity contribution in [1.82, 2.24) is 4.90 Å². The third-order valence-corrected chi connectivity index (χ3v) is 5.45. The maximum atomic E-state index is 11.5. The standard InChI is InChI=1S/C18H20ClNOS/c1-20(2)11-5-10-18(21)14-6-3-4-7-16(14)22-17-12-13(19)8-9-15(17)18/h3-4,6-9,12,21H,5,10-11H2,1-2H3/t18-/m0/s1. The van der Waals surface area contributed by atoms with E-state index in [0.29, 0.717) is 11.4 Å². The first-order valence-corrected chi connectivity index (χ1v) is 8.64. The van der Waals surface area contributed by atoms with Gasteiger partial charge in [0.15, 0.2) is 0 Å². The number of hydrogen-bond acceptors (Lipinski definition) is 3. The quantitative estimate of drug-likeness (QED) is 0.898. The van der Waals surface area contributed by atoms with Crippen LogP contribution in [-0.4, -0.2) is 30.6 Å². The normalized spacial score (nSPS) is 19.9. The second kappa shape index (κ2) is 6.25. The third kappa shape index (κ3) is 2.91. The molecule has 2 nitrogen and oxygen atoms in total. The van der Waals surface area contributed by atoms with Gasteiger partial charge in [0.05, 0.1) is 0 Å². The van der Waals surface area contributed by atoms with E-state index in [1.165, 1.54) is 0 Å². The molecule has 1 aliphatic heterocycles. The van der Waals surface area contributed by atoms with Crippen LogP contribution in [0.5, 0.6) is 0 Å². The van der Waals surface area contributed by atoms with E-state index in [1.54, 1.807) is 11.8 Å². The number of aliphatic hydroxyl groups is 1. The minimum atomic E-state index is -0.933. The molecule has 0 saturated heterocycles. The predicted molar refractivity (Wildman–Crippen MR) is 92.8 cm³/mol. The fraction of sp³-hybridized carbons (Fsp3) is 0.333. The number of hydrogen-bond donors (Lipinski definition) is 1. The molecule has 0 radical (unpaired) electrons. The molecule has 2 aromatic rings. The molecule has 1 N–H and O–H groups in total. The zero-order chi connectivity index (χ0) is 15.7. The van der Waals surface area contributed by atoms with Crippen molar-refractivity contribution < 1.29 is 5.11 Å². The lowest BCUT2D eigenvalue weighted by molar-refractivity contribution is 0.0600. The Morgan fingerprint density at radius 1 is 1.09 bits per heavy atom. The van der Waals surface area contributed by atoms with Crippen molar-refractivity contribution in [2.75, 3.05) is 20.6 Å². The molecule has 0 saturated carbocycles. The molecule has 0 amide bonds. The SMILES string of the molecule is CN(C)CCC[C@]1(O)c2ccccc2Sc2cc(Cl)ccc21. The Balaban J connectivity index is 2.04. The highest BCUT2D eigenvalue weighted by Crippen LogP contribution is 2.50. The second-order valence-corrected chi connectivity index (χ2v) is 7.53. The van der Waals surface area contributed by atoms with E-state index in [1.807, 2.05) is 36.4 Å². The van der Waals surface area contributed by atoms with Gasteiger partial charge in [-0.1, -0.05) is 47.6 Å². The van der Waals surface area contributed by atoms with E-state index in [2.05, 4.69) is 25.1 Å². The lowest BCUT2D eigenvalue weighted by Gasteiger charge is -2.36. The minimum Gasteiger partial charge on any atom is -0.380 e. The fourth-order valence-corrected chi connectivity index (χ4v) is 4.50. The molecule has 3 rings (SSSR count). The van der Waals surface area contributed by atoms with Crippen LogP contribution in [0.4, 0.5) is 0 Å². The Bertz CT molecular complexity index is 689. The zero-order valence-corrected chi connectivity index (χ0v) is 14.4. The lowest BCUT2D eigenvalue weighted by Crippen LogP contribution is -2.32. The Morgan fingerprint density at radius 3 is 2.59 bits per heavy atom. The van der Waals surface area contributed by atoms with E-state index in [0.717, 1.165) is 33.9 Å². The number of benzene rings is 2. The van der Waals surface area contributed by atoms with Crippen LogP contribution in [0.15, 0.2) is 52.3 Å². The van der Waals surface area contributed by atoms with Crippen molar-refractivity contribution in [3.8, 4) is 0 Å². The molecule has 22 heavy (non-hydrogen) atoms. The van der Waals surface area contributed by atoms with E-state index >= 15 is 0 Å². The fourth-order valence-electron chi connectivity index (χ4n) is 3.00. The van der Waals surface area contributed by atoms with Crippen LogP contribution >= 0.6 is 23.4 Å². The van der Waals surface area contributed by atoms with Gasteiger partial charge in [0.25, 0.3) is 0 Å². The maximum Gasteiger partial charge on any atom is 0.117 e. The highest BCUT2D eigenvalue weighted by atomic mass is 35.5. The average molecular weight is 334 g/mol. The summed E-state index contributed by atoms with van der Waals surface area (Å²) >= 11 is 7.82. The van der Waals surface area contributed by atoms with Gasteiger partial charge in [-0.05, 0) is 51.7 Å². The molecule has 0 spiro atoms. The number of nitrogens with zero attached hydrogens (tertiary/aromatic N) is 1. The highest BCUT2D eigenvalue weighted by Gasteiger charge is 2.38. The third-order valence-electron chi connectivity index (χ3n) is 4.09. The summed E-state index contributed by atoms with van der Waals surface area (Å²) in [6, 6.07) is 13.9. The number of rotatable bonds is 4. The lowest BCUT2D eigenvalue weighted by atomic mass is 9.82. The summed E-state index contributed by atoms with van der Waals surface area (Å²) in [7, 11) is 4.12. The molecule has 116 valence electrons. The molecule has 0 fully saturated rings. The van der Waals surface area contributed by atoms with Gasteiger partial charge in [0.1, 0.15) is 5.60 Å². The molecule has 0 unspecified atom stereocenters. The van der Waals surface area contributed by atoms with Crippen molar-refractivity contribution in [3.05, 3.63) is 58.6 Å². The maximum absolute atomic E-state index is 11.5. The summed E-state index contributed by atoms with van der Waals surface area (Å²) in [6.45, 7) is 0.959. The molecular weight excluding hydrogens is 314 g/mol. The van der Waals surface area contributed by atoms with Gasteiger partial charge in [-0.2, -0.15) is 0 Å². The first kappa shape index (κ1) is 15.9. The number of halogens is 1. The Labute approximate surface area is 141 Å². The molecular formula is C18H20ClNOS. The second-order valence-electron chi connectivity index (χ2n) is 6.01. The molecule has 2 aromatic carbocycles. The topological polar surface area (TPSA) is 23.5 Å². The summed E-state index contributed by atoms with van der Waals surface area (Å²) in [6.07, 6.45) is 1.64. The van der Waals surface area contributed by atoms with Crippen LogP contribution in [0.3, 0.4) is 0 Å². The minimum absolute atomic E-state index is 0.706. The van der Waals surface area contributed by atoms with E-state index in [9.17, 15) is 5.11 Å². The zero-order valence-electron chi connectivity index (χ0n) is 12.8. The van der Waals surface area contributed by atoms with E-state index in [4.69, 9.17) is 11.6 Å². The largest absolute Gasteiger partial charge is 0.380 e. The predicted octanol–water partition coefficient (Wildman–Crippen LogP) is 4.38. The van der Waals surface area contributed by atoms with Crippen LogP contribution in [0.2, 0.25) is 5.02 Å². The van der Waals surface area contributed by atoms with Crippen molar-refractivity contribution in [2.45, 2.75) is 28.2 Å². The molecule has 0 bridgehead atoms. The van der Waals surface area contributed by atoms with Gasteiger partial charge in [-0.3, -0.25) is 0 Å². The van der Waals surface area contributed by atoms with Gasteiger partial charge in [0.2, 0.25) is 0 Å². The Morgan fingerprint density at radius 2 is 1.82 bits per heavy atom. The smallest absolute Gasteiger partial charge is 0.117 e. The van der Waals surface area contributed by atoms with Crippen LogP contribution in [-0.2, 0) is 5.60 Å². The molecule has 1 heterocycles. The van der Waals surface area contributed by atoms with E-state index in [-0.39, 0.29) is 0 Å². The van der Waals surface area contributed by atoms with Crippen molar-refractivity contribution in [1.29, 1.82) is 0 Å². The molecule has 1 atom stereocenters. The summed E-state index contributed by atoms with van der Waals surface area (Å²) in [4.78, 5) is 4.32. The first-order chi connectivity index (χ1) is 10.5. The molecule has 1 aliphatic rings. The van der Waals surface area contributed by atoms with Crippen molar-refractivity contribution in [3.63, 3.8) is 0 Å². The van der Waals surface area contributed by atoms with Crippen LogP contribution in [0.25, 0.3) is 0 Å². The van der Waals surface area contributed by atoms with Gasteiger partial charge in [0, 0.05) is 25.9 Å². The van der Waals surface area contributed by atoms with E-state index < -0.39 is 5.60 Å². The van der Waals surface area contributed by atoms with Gasteiger partial charge >= 0.3 is 0 Å².